The Morgan fingerprint density at radius 2 is 1.64 bits per heavy atom. The van der Waals surface area contributed by atoms with E-state index in [0.29, 0.717) is 39.9 Å². The van der Waals surface area contributed by atoms with Gasteiger partial charge < -0.3 is 25.4 Å². The van der Waals surface area contributed by atoms with Gasteiger partial charge in [0.2, 0.25) is 5.91 Å². The Kier molecular flexibility index (Phi) is 12.1. The van der Waals surface area contributed by atoms with Crippen LogP contribution < -0.4 is 25.4 Å². The van der Waals surface area contributed by atoms with Crippen LogP contribution in [0.1, 0.15) is 39.7 Å². The summed E-state index contributed by atoms with van der Waals surface area (Å²) in [5, 5.41) is 8.79. The Morgan fingerprint density at radius 3 is 2.34 bits per heavy atom. The zero-order valence-electron chi connectivity index (χ0n) is 28.4. The average molecular weight is 707 g/mol. The van der Waals surface area contributed by atoms with E-state index < -0.39 is 17.1 Å². The number of aryl methyl sites for hydroxylation is 2. The summed E-state index contributed by atoms with van der Waals surface area (Å²) in [4.78, 5) is 46.8. The number of carbonyl (C=O) groups is 3. The topological polar surface area (TPSA) is 119 Å². The van der Waals surface area contributed by atoms with Gasteiger partial charge in [0, 0.05) is 32.2 Å². The quantitative estimate of drug-likeness (QED) is 0.0832. The second kappa shape index (κ2) is 16.8. The molecule has 0 spiro atoms. The molecule has 0 radical (unpaired) electrons. The van der Waals surface area contributed by atoms with Gasteiger partial charge in [0.15, 0.2) is 5.13 Å². The number of ether oxygens (including phenoxy) is 2. The predicted octanol–water partition coefficient (Wildman–Crippen LogP) is 8.36. The molecule has 3 amide bonds. The molecule has 1 unspecified atom stereocenters. The molecule has 9 nitrogen and oxygen atoms in total. The maximum Gasteiger partial charge on any atom is 0.272 e. The van der Waals surface area contributed by atoms with Crippen molar-refractivity contribution in [2.75, 3.05) is 24.9 Å². The van der Waals surface area contributed by atoms with E-state index in [0.717, 1.165) is 21.0 Å². The fourth-order valence-electron chi connectivity index (χ4n) is 5.00. The first-order chi connectivity index (χ1) is 24.2. The van der Waals surface area contributed by atoms with Crippen LogP contribution in [-0.2, 0) is 9.59 Å². The van der Waals surface area contributed by atoms with Gasteiger partial charge in [-0.25, -0.2) is 4.98 Å². The van der Waals surface area contributed by atoms with Crippen LogP contribution in [-0.4, -0.2) is 42.2 Å². The SMILES string of the molecule is CCC(Sc1cccc(NC(=O)/C(=C\c2cc(OC)ccc2OC)NC(=O)c2ccccc2)c1)C(=O)Nc1nc(-c2ccc(C)cc2)c(C)s1. The van der Waals surface area contributed by atoms with Crippen LogP contribution in [0, 0.1) is 13.8 Å². The lowest BCUT2D eigenvalue weighted by Crippen LogP contribution is -2.30. The normalized spacial score (nSPS) is 11.7. The summed E-state index contributed by atoms with van der Waals surface area (Å²) in [7, 11) is 3.06. The molecule has 0 aliphatic heterocycles. The van der Waals surface area contributed by atoms with Crippen LogP contribution in [0.25, 0.3) is 17.3 Å². The van der Waals surface area contributed by atoms with Crippen LogP contribution in [0.3, 0.4) is 0 Å². The molecule has 1 heterocycles. The van der Waals surface area contributed by atoms with E-state index in [1.165, 1.54) is 41.8 Å². The molecule has 1 aromatic heterocycles. The molecular weight excluding hydrogens is 669 g/mol. The minimum absolute atomic E-state index is 0.00183. The molecular formula is C39H38N4O5S2. The largest absolute Gasteiger partial charge is 0.497 e. The number of benzene rings is 4. The zero-order valence-corrected chi connectivity index (χ0v) is 30.0. The number of anilines is 2. The van der Waals surface area contributed by atoms with E-state index in [4.69, 9.17) is 14.5 Å². The minimum Gasteiger partial charge on any atom is -0.497 e. The molecule has 0 fully saturated rings. The van der Waals surface area contributed by atoms with Crippen molar-refractivity contribution < 1.29 is 23.9 Å². The molecule has 4 aromatic carbocycles. The summed E-state index contributed by atoms with van der Waals surface area (Å²) in [5.41, 5.74) is 4.45. The van der Waals surface area contributed by atoms with Gasteiger partial charge in [-0.2, -0.15) is 0 Å². The number of methoxy groups -OCH3 is 2. The second-order valence-corrected chi connectivity index (χ2v) is 13.7. The molecule has 256 valence electrons. The van der Waals surface area contributed by atoms with Crippen molar-refractivity contribution >= 4 is 57.7 Å². The van der Waals surface area contributed by atoms with Crippen LogP contribution in [0.4, 0.5) is 10.8 Å². The van der Waals surface area contributed by atoms with Crippen molar-refractivity contribution in [3.8, 4) is 22.8 Å². The fourth-order valence-corrected chi connectivity index (χ4v) is 6.85. The number of rotatable bonds is 13. The van der Waals surface area contributed by atoms with E-state index >= 15 is 0 Å². The van der Waals surface area contributed by atoms with Crippen molar-refractivity contribution in [1.82, 2.24) is 10.3 Å². The van der Waals surface area contributed by atoms with Crippen LogP contribution in [0.5, 0.6) is 11.5 Å². The zero-order chi connectivity index (χ0) is 35.6. The first-order valence-electron chi connectivity index (χ1n) is 15.9. The number of nitrogens with zero attached hydrogens (tertiary/aromatic N) is 1. The highest BCUT2D eigenvalue weighted by molar-refractivity contribution is 8.00. The van der Waals surface area contributed by atoms with E-state index in [-0.39, 0.29) is 11.6 Å². The summed E-state index contributed by atoms with van der Waals surface area (Å²) in [6.07, 6.45) is 2.11. The predicted molar refractivity (Wildman–Crippen MR) is 202 cm³/mol. The summed E-state index contributed by atoms with van der Waals surface area (Å²) >= 11 is 2.84. The van der Waals surface area contributed by atoms with Crippen molar-refractivity contribution in [3.63, 3.8) is 0 Å². The molecule has 0 aliphatic carbocycles. The summed E-state index contributed by atoms with van der Waals surface area (Å²) in [6.45, 7) is 5.99. The molecule has 0 bridgehead atoms. The first-order valence-corrected chi connectivity index (χ1v) is 17.6. The van der Waals surface area contributed by atoms with E-state index in [1.54, 1.807) is 67.8 Å². The highest BCUT2D eigenvalue weighted by Crippen LogP contribution is 2.33. The van der Waals surface area contributed by atoms with Gasteiger partial charge in [0.1, 0.15) is 17.2 Å². The third-order valence-corrected chi connectivity index (χ3v) is 9.89. The summed E-state index contributed by atoms with van der Waals surface area (Å²) in [5.74, 6) is -0.100. The Labute approximate surface area is 300 Å². The average Bonchev–Trinajstić information content (AvgIpc) is 3.50. The Morgan fingerprint density at radius 1 is 0.880 bits per heavy atom. The number of amides is 3. The molecule has 0 aliphatic rings. The Bertz CT molecular complexity index is 2010. The lowest BCUT2D eigenvalue weighted by molar-refractivity contribution is -0.116. The number of thioether (sulfide) groups is 1. The maximum atomic E-state index is 13.7. The van der Waals surface area contributed by atoms with Crippen molar-refractivity contribution in [2.45, 2.75) is 37.3 Å². The fraction of sp³-hybridized carbons (Fsp3) is 0.179. The van der Waals surface area contributed by atoms with Crippen molar-refractivity contribution in [3.05, 3.63) is 124 Å². The number of hydrogen-bond acceptors (Lipinski definition) is 8. The monoisotopic (exact) mass is 706 g/mol. The van der Waals surface area contributed by atoms with Crippen LogP contribution >= 0.6 is 23.1 Å². The second-order valence-electron chi connectivity index (χ2n) is 11.3. The molecule has 11 heteroatoms. The standard InChI is InChI=1S/C39H38N4O5S2/c1-6-34(38(46)43-39-42-35(25(3)49-39)26-17-15-24(2)16-18-26)50-31-14-10-13-29(23-31)40-37(45)32(41-36(44)27-11-8-7-9-12-27)22-28-21-30(47-4)19-20-33(28)48-5/h7-23,34H,6H2,1-5H3,(H,40,45)(H,41,44)(H,42,43,46)/b32-22+. The number of thiazole rings is 1. The van der Waals surface area contributed by atoms with E-state index in [1.807, 2.05) is 57.2 Å². The Hall–Kier alpha value is -5.39. The van der Waals surface area contributed by atoms with Gasteiger partial charge in [-0.05, 0) is 74.9 Å². The highest BCUT2D eigenvalue weighted by Gasteiger charge is 2.22. The van der Waals surface area contributed by atoms with Crippen molar-refractivity contribution in [1.29, 1.82) is 0 Å². The lowest BCUT2D eigenvalue weighted by atomic mass is 10.1. The van der Waals surface area contributed by atoms with Gasteiger partial charge in [0.25, 0.3) is 11.8 Å². The molecule has 50 heavy (non-hydrogen) atoms. The molecule has 5 rings (SSSR count). The van der Waals surface area contributed by atoms with Gasteiger partial charge in [-0.3, -0.25) is 14.4 Å². The molecule has 1 atom stereocenters. The van der Waals surface area contributed by atoms with E-state index in [9.17, 15) is 14.4 Å². The lowest BCUT2D eigenvalue weighted by Gasteiger charge is -2.15. The minimum atomic E-state index is -0.547. The maximum absolute atomic E-state index is 13.7. The van der Waals surface area contributed by atoms with Crippen LogP contribution in [0.2, 0.25) is 0 Å². The van der Waals surface area contributed by atoms with Gasteiger partial charge in [-0.1, -0.05) is 61.0 Å². The Balaban J connectivity index is 1.32. The number of hydrogen-bond donors (Lipinski definition) is 3. The highest BCUT2D eigenvalue weighted by atomic mass is 32.2. The third-order valence-electron chi connectivity index (χ3n) is 7.65. The van der Waals surface area contributed by atoms with Gasteiger partial charge >= 0.3 is 0 Å². The van der Waals surface area contributed by atoms with Gasteiger partial charge in [0.05, 0.1) is 25.2 Å². The number of carbonyl (C=O) groups excluding carboxylic acids is 3. The van der Waals surface area contributed by atoms with Gasteiger partial charge in [-0.15, -0.1) is 23.1 Å². The molecule has 3 N–H and O–H groups in total. The first kappa shape index (κ1) is 35.9. The summed E-state index contributed by atoms with van der Waals surface area (Å²) in [6, 6.07) is 29.2. The number of nitrogens with one attached hydrogen (secondary N) is 3. The van der Waals surface area contributed by atoms with E-state index in [2.05, 4.69) is 16.0 Å². The molecule has 0 saturated carbocycles. The third kappa shape index (κ3) is 9.19. The van der Waals surface area contributed by atoms with Crippen molar-refractivity contribution in [2.24, 2.45) is 0 Å². The molecule has 5 aromatic rings. The van der Waals surface area contributed by atoms with Crippen LogP contribution in [0.15, 0.2) is 108 Å². The number of aromatic nitrogens is 1. The smallest absolute Gasteiger partial charge is 0.272 e. The molecule has 0 saturated heterocycles. The summed E-state index contributed by atoms with van der Waals surface area (Å²) < 4.78 is 10.9.